The van der Waals surface area contributed by atoms with Crippen LogP contribution >= 0.6 is 0 Å². The van der Waals surface area contributed by atoms with Crippen LogP contribution in [0.2, 0.25) is 0 Å². The minimum Gasteiger partial charge on any atom is -0.480 e. The van der Waals surface area contributed by atoms with Crippen molar-refractivity contribution in [3.63, 3.8) is 0 Å². The van der Waals surface area contributed by atoms with E-state index in [1.165, 1.54) is 0 Å². The number of rotatable bonds is 2. The molecule has 0 spiro atoms. The molecule has 1 heterocycles. The summed E-state index contributed by atoms with van der Waals surface area (Å²) >= 11 is 0. The third-order valence-corrected chi connectivity index (χ3v) is 1.60. The molecule has 4 nitrogen and oxygen atoms in total. The molecule has 1 rings (SSSR count). The van der Waals surface area contributed by atoms with Gasteiger partial charge in [-0.05, 0) is 0 Å². The molecule has 1 unspecified atom stereocenters. The third-order valence-electron chi connectivity index (χ3n) is 1.60. The van der Waals surface area contributed by atoms with Gasteiger partial charge >= 0.3 is 12.1 Å². The van der Waals surface area contributed by atoms with Crippen molar-refractivity contribution in [2.45, 2.75) is 12.2 Å². The van der Waals surface area contributed by atoms with Gasteiger partial charge in [0.05, 0.1) is 11.8 Å². The van der Waals surface area contributed by atoms with Crippen molar-refractivity contribution >= 4 is 5.97 Å². The van der Waals surface area contributed by atoms with Crippen LogP contribution in [0.15, 0.2) is 16.9 Å². The van der Waals surface area contributed by atoms with E-state index in [9.17, 15) is 18.0 Å². The summed E-state index contributed by atoms with van der Waals surface area (Å²) in [5, 5.41) is 8.41. The summed E-state index contributed by atoms with van der Waals surface area (Å²) in [5.74, 6) is -1.54. The maximum absolute atomic E-state index is 12.2. The van der Waals surface area contributed by atoms with Crippen LogP contribution in [0.1, 0.15) is 17.2 Å². The molecular weight excluding hydrogens is 203 g/mol. The molecule has 0 saturated heterocycles. The van der Waals surface area contributed by atoms with Crippen LogP contribution in [0, 0.1) is 0 Å². The van der Waals surface area contributed by atoms with E-state index >= 15 is 0 Å². The fourth-order valence-electron chi connectivity index (χ4n) is 0.911. The fourth-order valence-corrected chi connectivity index (χ4v) is 0.911. The highest BCUT2D eigenvalue weighted by atomic mass is 19.4. The predicted molar refractivity (Wildman–Crippen MR) is 38.3 cm³/mol. The van der Waals surface area contributed by atoms with Crippen LogP contribution in [0.4, 0.5) is 13.2 Å². The fraction of sp³-hybridized carbons (Fsp3) is 0.286. The molecule has 14 heavy (non-hydrogen) atoms. The number of alkyl halides is 3. The molecule has 0 aliphatic carbocycles. The monoisotopic (exact) mass is 209 g/mol. The molecule has 0 aliphatic heterocycles. The molecule has 78 valence electrons. The Bertz CT molecular complexity index is 344. The third kappa shape index (κ3) is 1.87. The summed E-state index contributed by atoms with van der Waals surface area (Å²) in [6.07, 6.45) is -3.55. The first-order valence-electron chi connectivity index (χ1n) is 3.45. The Morgan fingerprint density at radius 2 is 2.07 bits per heavy atom. The van der Waals surface area contributed by atoms with E-state index in [0.717, 1.165) is 0 Å². The van der Waals surface area contributed by atoms with E-state index in [1.807, 2.05) is 0 Å². The van der Waals surface area contributed by atoms with Crippen LogP contribution in [0.5, 0.6) is 0 Å². The van der Waals surface area contributed by atoms with Gasteiger partial charge in [-0.1, -0.05) is 0 Å². The van der Waals surface area contributed by atoms with Crippen LogP contribution in [0.25, 0.3) is 0 Å². The lowest BCUT2D eigenvalue weighted by molar-refractivity contribution is -0.141. The van der Waals surface area contributed by atoms with Crippen LogP contribution in [-0.4, -0.2) is 11.1 Å². The minimum absolute atomic E-state index is 0.429. The molecule has 1 aromatic rings. The molecule has 0 radical (unpaired) electrons. The summed E-state index contributed by atoms with van der Waals surface area (Å²) in [4.78, 5) is 10.3. The van der Waals surface area contributed by atoms with E-state index in [2.05, 4.69) is 4.42 Å². The van der Waals surface area contributed by atoms with E-state index in [1.54, 1.807) is 0 Å². The number of hydrogen-bond donors (Lipinski definition) is 2. The second-order valence-electron chi connectivity index (χ2n) is 2.55. The Hall–Kier alpha value is -1.50. The lowest BCUT2D eigenvalue weighted by atomic mass is 10.1. The summed E-state index contributed by atoms with van der Waals surface area (Å²) in [6.45, 7) is 0. The van der Waals surface area contributed by atoms with Crippen molar-refractivity contribution in [3.05, 3.63) is 23.7 Å². The predicted octanol–water partition coefficient (Wildman–Crippen LogP) is 1.38. The molecule has 0 bridgehead atoms. The Morgan fingerprint density at radius 3 is 2.50 bits per heavy atom. The topological polar surface area (TPSA) is 76.5 Å². The SMILES string of the molecule is NC(C(=O)O)c1cocc1C(F)(F)F. The van der Waals surface area contributed by atoms with Crippen molar-refractivity contribution < 1.29 is 27.5 Å². The molecule has 1 atom stereocenters. The molecule has 0 fully saturated rings. The summed E-state index contributed by atoms with van der Waals surface area (Å²) < 4.78 is 40.9. The first-order valence-corrected chi connectivity index (χ1v) is 3.45. The molecule has 7 heteroatoms. The van der Waals surface area contributed by atoms with Crippen molar-refractivity contribution in [3.8, 4) is 0 Å². The van der Waals surface area contributed by atoms with Crippen molar-refractivity contribution in [2.75, 3.05) is 0 Å². The largest absolute Gasteiger partial charge is 0.480 e. The smallest absolute Gasteiger partial charge is 0.419 e. The van der Waals surface area contributed by atoms with Crippen molar-refractivity contribution in [1.29, 1.82) is 0 Å². The molecule has 3 N–H and O–H groups in total. The molecule has 0 saturated carbocycles. The quantitative estimate of drug-likeness (QED) is 0.771. The Morgan fingerprint density at radius 1 is 1.50 bits per heavy atom. The van der Waals surface area contributed by atoms with Gasteiger partial charge < -0.3 is 15.3 Å². The zero-order chi connectivity index (χ0) is 10.9. The van der Waals surface area contributed by atoms with Crippen LogP contribution < -0.4 is 5.73 Å². The molecule has 1 aromatic heterocycles. The van der Waals surface area contributed by atoms with Crippen molar-refractivity contribution in [1.82, 2.24) is 0 Å². The van der Waals surface area contributed by atoms with E-state index in [4.69, 9.17) is 10.8 Å². The second-order valence-corrected chi connectivity index (χ2v) is 2.55. The van der Waals surface area contributed by atoms with Gasteiger partial charge in [-0.3, -0.25) is 4.79 Å². The number of carboxylic acids is 1. The lowest BCUT2D eigenvalue weighted by Crippen LogP contribution is -2.23. The summed E-state index contributed by atoms with van der Waals surface area (Å²) in [6, 6.07) is -1.73. The maximum Gasteiger partial charge on any atom is 0.419 e. The van der Waals surface area contributed by atoms with Gasteiger partial charge in [-0.2, -0.15) is 13.2 Å². The normalized spacial score (nSPS) is 14.0. The van der Waals surface area contributed by atoms with Crippen LogP contribution in [-0.2, 0) is 11.0 Å². The van der Waals surface area contributed by atoms with Crippen LogP contribution in [0.3, 0.4) is 0 Å². The molecule has 0 amide bonds. The van der Waals surface area contributed by atoms with Gasteiger partial charge in [0.25, 0.3) is 0 Å². The van der Waals surface area contributed by atoms with E-state index in [0.29, 0.717) is 12.5 Å². The summed E-state index contributed by atoms with van der Waals surface area (Å²) in [7, 11) is 0. The van der Waals surface area contributed by atoms with Gasteiger partial charge in [0.15, 0.2) is 0 Å². The van der Waals surface area contributed by atoms with Gasteiger partial charge in [-0.15, -0.1) is 0 Å². The highest BCUT2D eigenvalue weighted by molar-refractivity contribution is 5.75. The molecule has 0 aliphatic rings. The number of hydrogen-bond acceptors (Lipinski definition) is 3. The van der Waals surface area contributed by atoms with Crippen molar-refractivity contribution in [2.24, 2.45) is 5.73 Å². The van der Waals surface area contributed by atoms with E-state index < -0.39 is 29.3 Å². The lowest BCUT2D eigenvalue weighted by Gasteiger charge is -2.09. The number of carboxylic acid groups (broad SMARTS) is 1. The first-order chi connectivity index (χ1) is 6.34. The average molecular weight is 209 g/mol. The standard InChI is InChI=1S/C7H6F3NO3/c8-7(9,10)4-2-14-1-3(4)5(11)6(12)13/h1-2,5H,11H2,(H,12,13). The number of halogens is 3. The number of carbonyl (C=O) groups is 1. The Kier molecular flexibility index (Phi) is 2.52. The Labute approximate surface area is 76.1 Å². The maximum atomic E-state index is 12.2. The summed E-state index contributed by atoms with van der Waals surface area (Å²) in [5.41, 5.74) is 3.28. The zero-order valence-corrected chi connectivity index (χ0v) is 6.71. The first kappa shape index (κ1) is 10.6. The average Bonchev–Trinajstić information content (AvgIpc) is 2.48. The van der Waals surface area contributed by atoms with Gasteiger partial charge in [-0.25, -0.2) is 0 Å². The van der Waals surface area contributed by atoms with Gasteiger partial charge in [0.1, 0.15) is 12.3 Å². The molecule has 0 aromatic carbocycles. The minimum atomic E-state index is -4.66. The number of furan rings is 1. The number of nitrogens with two attached hydrogens (primary N) is 1. The Balaban J connectivity index is 3.11. The van der Waals surface area contributed by atoms with Gasteiger partial charge in [0.2, 0.25) is 0 Å². The van der Waals surface area contributed by atoms with E-state index in [-0.39, 0.29) is 0 Å². The number of aliphatic carboxylic acids is 1. The van der Waals surface area contributed by atoms with Gasteiger partial charge in [0, 0.05) is 5.56 Å². The zero-order valence-electron chi connectivity index (χ0n) is 6.71. The molecular formula is C7H6F3NO3. The highest BCUT2D eigenvalue weighted by Crippen LogP contribution is 2.34. The second kappa shape index (κ2) is 3.33. The highest BCUT2D eigenvalue weighted by Gasteiger charge is 2.37.